The molecule has 1 atom stereocenters. The minimum atomic E-state index is -1.37. The van der Waals surface area contributed by atoms with Crippen LogP contribution in [0.1, 0.15) is 11.1 Å². The third kappa shape index (κ3) is 3.09. The molecule has 0 bridgehead atoms. The molecule has 0 aliphatic carbocycles. The summed E-state index contributed by atoms with van der Waals surface area (Å²) >= 11 is 0. The first-order chi connectivity index (χ1) is 10.2. The van der Waals surface area contributed by atoms with E-state index in [4.69, 9.17) is 0 Å². The van der Waals surface area contributed by atoms with E-state index < -0.39 is 11.0 Å². The van der Waals surface area contributed by atoms with Crippen LogP contribution in [-0.4, -0.2) is 10.4 Å². The van der Waals surface area contributed by atoms with Crippen molar-refractivity contribution in [2.75, 3.05) is 0 Å². The third-order valence-electron chi connectivity index (χ3n) is 3.33. The van der Waals surface area contributed by atoms with E-state index in [1.165, 1.54) is 0 Å². The van der Waals surface area contributed by atoms with Gasteiger partial charge in [-0.2, -0.15) is 4.40 Å². The molecular weight excluding hydrogens is 278 g/mol. The molecule has 0 radical (unpaired) electrons. The molecule has 0 fully saturated rings. The monoisotopic (exact) mass is 293 g/mol. The Morgan fingerprint density at radius 1 is 0.905 bits per heavy atom. The second-order valence-corrected chi connectivity index (χ2v) is 6.05. The van der Waals surface area contributed by atoms with Crippen molar-refractivity contribution < 1.29 is 4.21 Å². The summed E-state index contributed by atoms with van der Waals surface area (Å²) in [6.45, 7) is 2.01. The lowest BCUT2D eigenvalue weighted by Gasteiger charge is -2.01. The number of hydrogen-bond donors (Lipinski definition) is 0. The Kier molecular flexibility index (Phi) is 3.93. The lowest BCUT2D eigenvalue weighted by Crippen LogP contribution is -1.90. The number of aryl methyl sites for hydroxylation is 1. The van der Waals surface area contributed by atoms with Crippen molar-refractivity contribution in [1.82, 2.24) is 0 Å². The Hall–Kier alpha value is -2.26. The Balaban J connectivity index is 1.91. The highest BCUT2D eigenvalue weighted by atomic mass is 32.2. The van der Waals surface area contributed by atoms with E-state index in [1.807, 2.05) is 61.5 Å². The number of benzene rings is 3. The first-order valence-corrected chi connectivity index (χ1v) is 7.85. The van der Waals surface area contributed by atoms with Gasteiger partial charge in [-0.3, -0.25) is 0 Å². The molecule has 104 valence electrons. The van der Waals surface area contributed by atoms with Gasteiger partial charge in [0.05, 0.1) is 4.90 Å². The van der Waals surface area contributed by atoms with Gasteiger partial charge in [0.2, 0.25) is 0 Å². The maximum absolute atomic E-state index is 12.2. The molecule has 0 aliphatic heterocycles. The summed E-state index contributed by atoms with van der Waals surface area (Å²) in [4.78, 5) is 0.720. The summed E-state index contributed by atoms with van der Waals surface area (Å²) in [7, 11) is -1.37. The predicted octanol–water partition coefficient (Wildman–Crippen LogP) is 4.29. The third-order valence-corrected chi connectivity index (χ3v) is 4.31. The summed E-state index contributed by atoms with van der Waals surface area (Å²) < 4.78 is 16.4. The van der Waals surface area contributed by atoms with Crippen molar-refractivity contribution in [2.45, 2.75) is 11.8 Å². The first-order valence-electron chi connectivity index (χ1n) is 6.74. The van der Waals surface area contributed by atoms with Crippen LogP contribution in [0.25, 0.3) is 10.8 Å². The number of hydrogen-bond acceptors (Lipinski definition) is 1. The van der Waals surface area contributed by atoms with Crippen molar-refractivity contribution in [3.05, 3.63) is 77.9 Å². The predicted molar refractivity (Wildman–Crippen MR) is 89.1 cm³/mol. The zero-order valence-corrected chi connectivity index (χ0v) is 12.5. The molecule has 0 N–H and O–H groups in total. The van der Waals surface area contributed by atoms with Crippen LogP contribution in [-0.2, 0) is 11.0 Å². The number of rotatable bonds is 3. The normalized spacial score (nSPS) is 12.8. The molecule has 3 aromatic carbocycles. The fourth-order valence-electron chi connectivity index (χ4n) is 2.18. The smallest absolute Gasteiger partial charge is 0.172 e. The maximum Gasteiger partial charge on any atom is 0.172 e. The van der Waals surface area contributed by atoms with E-state index in [0.717, 1.165) is 26.8 Å². The second-order valence-electron chi connectivity index (χ2n) is 4.87. The van der Waals surface area contributed by atoms with Gasteiger partial charge >= 0.3 is 0 Å². The van der Waals surface area contributed by atoms with Gasteiger partial charge in [-0.25, -0.2) is 4.21 Å². The summed E-state index contributed by atoms with van der Waals surface area (Å²) in [5, 5.41) is 2.27. The van der Waals surface area contributed by atoms with Gasteiger partial charge < -0.3 is 0 Å². The van der Waals surface area contributed by atoms with Crippen molar-refractivity contribution in [3.63, 3.8) is 0 Å². The van der Waals surface area contributed by atoms with Crippen LogP contribution in [0.5, 0.6) is 0 Å². The van der Waals surface area contributed by atoms with Crippen molar-refractivity contribution in [1.29, 1.82) is 0 Å². The molecule has 0 saturated carbocycles. The van der Waals surface area contributed by atoms with Crippen molar-refractivity contribution in [2.24, 2.45) is 4.40 Å². The molecule has 3 heteroatoms. The molecule has 0 heterocycles. The fraction of sp³-hybridized carbons (Fsp3) is 0.0556. The SMILES string of the molecule is Cc1ccc([S@@](=O)/N=C/c2cccc3ccccc23)cc1. The molecule has 0 aromatic heterocycles. The van der Waals surface area contributed by atoms with Gasteiger partial charge in [0.25, 0.3) is 0 Å². The van der Waals surface area contributed by atoms with E-state index in [0.29, 0.717) is 0 Å². The van der Waals surface area contributed by atoms with Crippen LogP contribution in [0.15, 0.2) is 76.0 Å². The average Bonchev–Trinajstić information content (AvgIpc) is 2.53. The highest BCUT2D eigenvalue weighted by molar-refractivity contribution is 7.83. The molecule has 0 spiro atoms. The van der Waals surface area contributed by atoms with Gasteiger partial charge in [-0.1, -0.05) is 60.2 Å². The van der Waals surface area contributed by atoms with Gasteiger partial charge in [0.1, 0.15) is 0 Å². The quantitative estimate of drug-likeness (QED) is 0.662. The molecule has 2 nitrogen and oxygen atoms in total. The van der Waals surface area contributed by atoms with E-state index in [-0.39, 0.29) is 0 Å². The largest absolute Gasteiger partial charge is 0.229 e. The minimum Gasteiger partial charge on any atom is -0.229 e. The highest BCUT2D eigenvalue weighted by Gasteiger charge is 2.01. The van der Waals surface area contributed by atoms with Crippen LogP contribution >= 0.6 is 0 Å². The van der Waals surface area contributed by atoms with E-state index in [2.05, 4.69) is 16.5 Å². The molecular formula is C18H15NOS. The molecule has 3 aromatic rings. The fourth-order valence-corrected chi connectivity index (χ4v) is 2.88. The summed E-state index contributed by atoms with van der Waals surface area (Å²) in [5.74, 6) is 0. The van der Waals surface area contributed by atoms with E-state index in [1.54, 1.807) is 6.21 Å². The zero-order valence-electron chi connectivity index (χ0n) is 11.7. The summed E-state index contributed by atoms with van der Waals surface area (Å²) in [6.07, 6.45) is 1.69. The molecule has 0 unspecified atom stereocenters. The minimum absolute atomic E-state index is 0.720. The Bertz CT molecular complexity index is 817. The molecule has 3 rings (SSSR count). The van der Waals surface area contributed by atoms with E-state index in [9.17, 15) is 4.21 Å². The first kappa shape index (κ1) is 13.7. The van der Waals surface area contributed by atoms with Gasteiger partial charge in [0, 0.05) is 11.8 Å². The molecule has 0 aliphatic rings. The Morgan fingerprint density at radius 3 is 2.43 bits per heavy atom. The van der Waals surface area contributed by atoms with Crippen molar-refractivity contribution >= 4 is 28.0 Å². The molecule has 21 heavy (non-hydrogen) atoms. The lowest BCUT2D eigenvalue weighted by molar-refractivity contribution is 0.684. The van der Waals surface area contributed by atoms with Crippen LogP contribution in [0.4, 0.5) is 0 Å². The number of fused-ring (bicyclic) bond motifs is 1. The van der Waals surface area contributed by atoms with Gasteiger partial charge in [0.15, 0.2) is 11.0 Å². The van der Waals surface area contributed by atoms with Crippen LogP contribution < -0.4 is 0 Å². The van der Waals surface area contributed by atoms with Gasteiger partial charge in [-0.05, 0) is 29.8 Å². The van der Waals surface area contributed by atoms with Crippen LogP contribution in [0.3, 0.4) is 0 Å². The topological polar surface area (TPSA) is 29.4 Å². The average molecular weight is 293 g/mol. The molecule has 0 amide bonds. The van der Waals surface area contributed by atoms with Crippen LogP contribution in [0.2, 0.25) is 0 Å². The Morgan fingerprint density at radius 2 is 1.62 bits per heavy atom. The Labute approximate surface area is 126 Å². The molecule has 0 saturated heterocycles. The standard InChI is InChI=1S/C18H15NOS/c1-14-9-11-17(12-10-14)21(20)19-13-16-7-4-6-15-5-2-3-8-18(15)16/h2-13H,1H3/b19-13+/t21-/m1/s1. The van der Waals surface area contributed by atoms with Gasteiger partial charge in [-0.15, -0.1) is 0 Å². The number of nitrogens with zero attached hydrogens (tertiary/aromatic N) is 1. The second kappa shape index (κ2) is 6.02. The summed E-state index contributed by atoms with van der Waals surface area (Å²) in [5.41, 5.74) is 2.13. The van der Waals surface area contributed by atoms with Crippen molar-refractivity contribution in [3.8, 4) is 0 Å². The zero-order chi connectivity index (χ0) is 14.7. The highest BCUT2D eigenvalue weighted by Crippen LogP contribution is 2.17. The maximum atomic E-state index is 12.2. The van der Waals surface area contributed by atoms with E-state index >= 15 is 0 Å². The lowest BCUT2D eigenvalue weighted by atomic mass is 10.1. The van der Waals surface area contributed by atoms with Crippen LogP contribution in [0, 0.1) is 6.92 Å². The summed E-state index contributed by atoms with van der Waals surface area (Å²) in [6, 6.07) is 21.7.